The molecule has 6 heteroatoms. The smallest absolute Gasteiger partial charge is 0.0370 e. The zero-order valence-electron chi connectivity index (χ0n) is 20.5. The van der Waals surface area contributed by atoms with Crippen LogP contribution in [0.1, 0.15) is 5.56 Å². The van der Waals surface area contributed by atoms with Gasteiger partial charge in [-0.2, -0.15) is 30.3 Å². The van der Waals surface area contributed by atoms with E-state index < -0.39 is 8.07 Å². The first-order chi connectivity index (χ1) is 12.4. The summed E-state index contributed by atoms with van der Waals surface area (Å²) in [6.45, 7) is 13.7. The van der Waals surface area contributed by atoms with Crippen LogP contribution < -0.4 is 24.8 Å². The average Bonchev–Trinajstić information content (AvgIpc) is 3.26. The van der Waals surface area contributed by atoms with Gasteiger partial charge in [0.2, 0.25) is 0 Å². The molecule has 0 atom stereocenters. The summed E-state index contributed by atoms with van der Waals surface area (Å²) in [5, 5.41) is 5.36. The minimum Gasteiger partial charge on any atom is -0.168 e. The number of rotatable bonds is 2. The quantitative estimate of drug-likeness (QED) is 0.244. The fraction of sp³-hybridized carbons (Fsp3) is 0.154. The number of hydrogen-bond acceptors (Lipinski definition) is 0. The first-order valence-electron chi connectivity index (χ1n) is 8.77. The maximum absolute atomic E-state index is 3.27. The second-order valence-electron chi connectivity index (χ2n) is 7.47. The maximum Gasteiger partial charge on any atom is -0.0370 e. The molecule has 0 N–H and O–H groups in total. The Kier molecular flexibility index (Phi) is 28.0. The molecule has 0 saturated carbocycles. The fourth-order valence-electron chi connectivity index (χ4n) is 3.04. The van der Waals surface area contributed by atoms with Crippen LogP contribution in [0.2, 0.25) is 19.6 Å². The third-order valence-electron chi connectivity index (χ3n) is 4.01. The molecule has 0 unspecified atom stereocenters. The molecule has 0 heterocycles. The summed E-state index contributed by atoms with van der Waals surface area (Å²) in [7, 11) is -0.862. The first kappa shape index (κ1) is 42.0. The van der Waals surface area contributed by atoms with Gasteiger partial charge in [0, 0.05) is 8.07 Å². The molecule has 0 aliphatic rings. The van der Waals surface area contributed by atoms with Gasteiger partial charge in [0.1, 0.15) is 0 Å². The van der Waals surface area contributed by atoms with E-state index in [4.69, 9.17) is 0 Å². The van der Waals surface area contributed by atoms with E-state index in [1.807, 2.05) is 0 Å². The van der Waals surface area contributed by atoms with Crippen molar-refractivity contribution in [3.63, 3.8) is 0 Å². The Morgan fingerprint density at radius 2 is 1.38 bits per heavy atom. The summed E-state index contributed by atoms with van der Waals surface area (Å²) in [6, 6.07) is 29.3. The van der Waals surface area contributed by atoms with Gasteiger partial charge in [-0.3, -0.25) is 0 Å². The molecular formula is C26H36Cl2Si3Zr-8. The summed E-state index contributed by atoms with van der Waals surface area (Å²) >= 11 is -0.159. The summed E-state index contributed by atoms with van der Waals surface area (Å²) in [5.74, 6) is 0. The maximum atomic E-state index is 3.27. The van der Waals surface area contributed by atoms with Crippen molar-refractivity contribution in [1.29, 1.82) is 0 Å². The number of halogens is 2. The summed E-state index contributed by atoms with van der Waals surface area (Å²) in [4.78, 5) is 0. The topological polar surface area (TPSA) is 0 Å². The Bertz CT molecular complexity index is 981. The molecule has 0 fully saturated rings. The monoisotopic (exact) mass is 592 g/mol. The normalized spacial score (nSPS) is 8.47. The molecule has 0 aliphatic heterocycles. The van der Waals surface area contributed by atoms with Crippen molar-refractivity contribution in [3.8, 4) is 0 Å². The second kappa shape index (κ2) is 21.3. The molecule has 0 amide bonds. The average molecular weight is 595 g/mol. The second-order valence-corrected chi connectivity index (χ2v) is 19.5. The van der Waals surface area contributed by atoms with Gasteiger partial charge in [-0.25, -0.2) is 11.6 Å². The summed E-state index contributed by atoms with van der Waals surface area (Å²) < 4.78 is 0. The van der Waals surface area contributed by atoms with Crippen LogP contribution in [0.15, 0.2) is 78.9 Å². The molecular weight excluding hydrogens is 559 g/mol. The van der Waals surface area contributed by atoms with Crippen LogP contribution in [-0.4, -0.2) is 21.8 Å². The van der Waals surface area contributed by atoms with E-state index in [1.54, 1.807) is 0 Å². The van der Waals surface area contributed by atoms with Crippen LogP contribution in [0.25, 0.3) is 21.5 Å². The summed E-state index contributed by atoms with van der Waals surface area (Å²) in [5.41, 5.74) is 1.51. The van der Waals surface area contributed by atoms with E-state index in [0.29, 0.717) is 0 Å². The molecule has 0 aliphatic carbocycles. The molecule has 4 aromatic rings. The Morgan fingerprint density at radius 1 is 0.781 bits per heavy atom. The van der Waals surface area contributed by atoms with Gasteiger partial charge in [0.15, 0.2) is 0 Å². The molecule has 0 spiro atoms. The minimum atomic E-state index is -0.862. The zero-order valence-corrected chi connectivity index (χ0v) is 27.4. The van der Waals surface area contributed by atoms with Crippen LogP contribution in [0.4, 0.5) is 0 Å². The predicted molar refractivity (Wildman–Crippen MR) is 143 cm³/mol. The summed E-state index contributed by atoms with van der Waals surface area (Å²) in [6.07, 6.45) is 0. The molecule has 0 saturated heterocycles. The van der Waals surface area contributed by atoms with E-state index in [0.717, 1.165) is 0 Å². The Labute approximate surface area is 226 Å². The number of benzene rings is 2. The van der Waals surface area contributed by atoms with Gasteiger partial charge in [-0.1, -0.05) is 61.4 Å². The molecule has 178 valence electrons. The van der Waals surface area contributed by atoms with Crippen molar-refractivity contribution >= 4 is 43.4 Å². The third-order valence-corrected chi connectivity index (χ3v) is 5.48. The van der Waals surface area contributed by atoms with Crippen molar-refractivity contribution in [1.82, 2.24) is 0 Å². The van der Waals surface area contributed by atoms with Gasteiger partial charge in [-0.05, 0) is 5.39 Å². The molecule has 0 nitrogen and oxygen atoms in total. The van der Waals surface area contributed by atoms with Crippen LogP contribution >= 0.6 is 0 Å². The molecule has 0 aromatic heterocycles. The predicted octanol–water partition coefficient (Wildman–Crippen LogP) is 1.58. The van der Waals surface area contributed by atoms with Crippen LogP contribution in [-0.2, 0) is 26.5 Å². The number of hydrogen-bond donors (Lipinski definition) is 0. The Balaban J connectivity index is -0.000000118. The Hall–Kier alpha value is -0.226. The standard InChI is InChI=1S/C13H9.C9H15Si.4CH3.2ClH.2Si.Zr/c1-2-6-12-10(4-1)8-9-11-5-3-7-13(11)12;1-10(2,3)8-9-6-4-5-7-9;;;;;;;;;/h1-9H;4-7H,8H2,1-3H3;4*1H3;2*1H;;;/q6*-1;;;;;/p-2. The van der Waals surface area contributed by atoms with E-state index in [9.17, 15) is 0 Å². The largest absolute Gasteiger partial charge is 0.168 e. The van der Waals surface area contributed by atoms with Gasteiger partial charge < -0.3 is 54.5 Å². The molecule has 4 radical (unpaired) electrons. The van der Waals surface area contributed by atoms with Crippen LogP contribution in [0.5, 0.6) is 0 Å². The zero-order chi connectivity index (χ0) is 19.0. The SMILES string of the molecule is C[Si](C)(C)Cc1cc[cH-]c1.[CH3-].[CH3-].[CH3-].[CH3-].[Cl-].[Cl-].[Si]=[Zr]=[Si].c1ccc2c(c1)ccc1[cH-]ccc12. The third kappa shape index (κ3) is 14.1. The van der Waals surface area contributed by atoms with Crippen LogP contribution in [0, 0.1) is 29.7 Å². The Morgan fingerprint density at radius 3 is 1.91 bits per heavy atom. The van der Waals surface area contributed by atoms with E-state index >= 15 is 0 Å². The molecule has 4 aromatic carbocycles. The number of fused-ring (bicyclic) bond motifs is 3. The van der Waals surface area contributed by atoms with Crippen molar-refractivity contribution in [2.75, 3.05) is 0 Å². The van der Waals surface area contributed by atoms with Crippen LogP contribution in [0.3, 0.4) is 0 Å². The van der Waals surface area contributed by atoms with Gasteiger partial charge >= 0.3 is 34.2 Å². The molecule has 0 bridgehead atoms. The van der Waals surface area contributed by atoms with Crippen molar-refractivity contribution in [2.45, 2.75) is 25.7 Å². The first-order valence-corrected chi connectivity index (χ1v) is 20.8. The molecule has 32 heavy (non-hydrogen) atoms. The minimum absolute atomic E-state index is 0. The van der Waals surface area contributed by atoms with Crippen molar-refractivity contribution in [2.24, 2.45) is 0 Å². The van der Waals surface area contributed by atoms with Gasteiger partial charge in [-0.15, -0.1) is 22.9 Å². The van der Waals surface area contributed by atoms with Crippen molar-refractivity contribution in [3.05, 3.63) is 114 Å². The molecule has 4 rings (SSSR count). The fourth-order valence-corrected chi connectivity index (χ4v) is 4.50. The van der Waals surface area contributed by atoms with E-state index in [1.165, 1.54) is 33.2 Å². The van der Waals surface area contributed by atoms with Gasteiger partial charge in [0.05, 0.1) is 0 Å². The van der Waals surface area contributed by atoms with E-state index in [-0.39, 0.29) is 75.0 Å². The van der Waals surface area contributed by atoms with Gasteiger partial charge in [0.25, 0.3) is 0 Å². The van der Waals surface area contributed by atoms with Crippen molar-refractivity contribution < 1.29 is 45.3 Å². The van der Waals surface area contributed by atoms with E-state index in [2.05, 4.69) is 112 Å².